The van der Waals surface area contributed by atoms with Gasteiger partial charge in [0.05, 0.1) is 17.9 Å². The quantitative estimate of drug-likeness (QED) is 0.910. The van der Waals surface area contributed by atoms with Crippen molar-refractivity contribution in [2.75, 3.05) is 6.61 Å². The van der Waals surface area contributed by atoms with E-state index in [2.05, 4.69) is 18.2 Å². The van der Waals surface area contributed by atoms with Crippen LogP contribution in [-0.4, -0.2) is 20.9 Å². The van der Waals surface area contributed by atoms with E-state index in [0.717, 1.165) is 6.42 Å². The largest absolute Gasteiger partial charge is 0.493 e. The zero-order chi connectivity index (χ0) is 14.0. The zero-order valence-corrected chi connectivity index (χ0v) is 11.9. The predicted molar refractivity (Wildman–Crippen MR) is 74.7 cm³/mol. The second-order valence-corrected chi connectivity index (χ2v) is 6.45. The molecule has 5 nitrogen and oxygen atoms in total. The molecule has 1 aliphatic heterocycles. The van der Waals surface area contributed by atoms with E-state index < -0.39 is 10.0 Å². The Morgan fingerprint density at radius 1 is 1.47 bits per heavy atom. The third-order valence-corrected chi connectivity index (χ3v) is 4.31. The first-order chi connectivity index (χ1) is 8.93. The van der Waals surface area contributed by atoms with Crippen LogP contribution in [0.3, 0.4) is 0 Å². The van der Waals surface area contributed by atoms with Gasteiger partial charge in [-0.1, -0.05) is 32.4 Å². The number of benzene rings is 1. The van der Waals surface area contributed by atoms with E-state index in [0.29, 0.717) is 29.4 Å². The summed E-state index contributed by atoms with van der Waals surface area (Å²) in [6.45, 7) is 4.77. The maximum atomic E-state index is 11.5. The number of sulfonamides is 1. The number of ether oxygens (including phenoxy) is 1. The van der Waals surface area contributed by atoms with Gasteiger partial charge in [-0.3, -0.25) is 0 Å². The summed E-state index contributed by atoms with van der Waals surface area (Å²) in [6, 6.07) is 5.31. The topological polar surface area (TPSA) is 81.8 Å². The minimum Gasteiger partial charge on any atom is -0.493 e. The highest BCUT2D eigenvalue weighted by molar-refractivity contribution is 7.89. The van der Waals surface area contributed by atoms with Crippen LogP contribution in [0.25, 0.3) is 0 Å². The molecule has 1 aromatic carbocycles. The SMILES string of the molecule is CCC(C)COc1cccc2c1C(N)=NS(=O)(=O)C2. The van der Waals surface area contributed by atoms with Gasteiger partial charge in [0, 0.05) is 0 Å². The van der Waals surface area contributed by atoms with E-state index in [1.807, 2.05) is 0 Å². The maximum Gasteiger partial charge on any atom is 0.259 e. The molecule has 0 amide bonds. The van der Waals surface area contributed by atoms with Gasteiger partial charge in [0.2, 0.25) is 0 Å². The van der Waals surface area contributed by atoms with Crippen LogP contribution in [-0.2, 0) is 15.8 Å². The van der Waals surface area contributed by atoms with Gasteiger partial charge in [0.1, 0.15) is 11.6 Å². The number of hydrogen-bond donors (Lipinski definition) is 1. The van der Waals surface area contributed by atoms with Crippen molar-refractivity contribution in [2.24, 2.45) is 16.0 Å². The Labute approximate surface area is 113 Å². The lowest BCUT2D eigenvalue weighted by Gasteiger charge is -2.19. The monoisotopic (exact) mass is 282 g/mol. The Morgan fingerprint density at radius 2 is 2.21 bits per heavy atom. The van der Waals surface area contributed by atoms with Crippen molar-refractivity contribution in [3.8, 4) is 5.75 Å². The molecule has 0 saturated heterocycles. The fourth-order valence-corrected chi connectivity index (χ4v) is 2.97. The summed E-state index contributed by atoms with van der Waals surface area (Å²) < 4.78 is 32.4. The molecule has 0 saturated carbocycles. The van der Waals surface area contributed by atoms with Crippen LogP contribution in [0.4, 0.5) is 0 Å². The van der Waals surface area contributed by atoms with Crippen LogP contribution in [0.15, 0.2) is 22.6 Å². The minimum atomic E-state index is -3.49. The lowest BCUT2D eigenvalue weighted by atomic mass is 10.1. The van der Waals surface area contributed by atoms with E-state index in [9.17, 15) is 8.42 Å². The van der Waals surface area contributed by atoms with Gasteiger partial charge in [-0.05, 0) is 17.5 Å². The van der Waals surface area contributed by atoms with E-state index in [4.69, 9.17) is 10.5 Å². The Balaban J connectivity index is 2.34. The highest BCUT2D eigenvalue weighted by Crippen LogP contribution is 2.28. The third-order valence-electron chi connectivity index (χ3n) is 3.16. The normalized spacial score (nSPS) is 18.3. The molecule has 6 heteroatoms. The molecule has 2 N–H and O–H groups in total. The molecule has 0 aliphatic carbocycles. The number of amidine groups is 1. The molecule has 1 aromatic rings. The molecule has 2 rings (SSSR count). The summed E-state index contributed by atoms with van der Waals surface area (Å²) in [6.07, 6.45) is 1.02. The van der Waals surface area contributed by atoms with Crippen molar-refractivity contribution in [3.63, 3.8) is 0 Å². The first kappa shape index (κ1) is 13.9. The first-order valence-corrected chi connectivity index (χ1v) is 7.87. The van der Waals surface area contributed by atoms with Crippen LogP contribution in [0.5, 0.6) is 5.75 Å². The van der Waals surface area contributed by atoms with Crippen molar-refractivity contribution < 1.29 is 13.2 Å². The lowest BCUT2D eigenvalue weighted by Crippen LogP contribution is -2.25. The molecule has 0 aromatic heterocycles. The van der Waals surface area contributed by atoms with Crippen LogP contribution >= 0.6 is 0 Å². The number of hydrogen-bond acceptors (Lipinski definition) is 4. The van der Waals surface area contributed by atoms with E-state index in [-0.39, 0.29) is 11.6 Å². The van der Waals surface area contributed by atoms with E-state index in [1.165, 1.54) is 0 Å². The fraction of sp³-hybridized carbons (Fsp3) is 0.462. The van der Waals surface area contributed by atoms with Crippen molar-refractivity contribution in [1.82, 2.24) is 0 Å². The molecule has 104 valence electrons. The molecule has 1 unspecified atom stereocenters. The van der Waals surface area contributed by atoms with Crippen LogP contribution < -0.4 is 10.5 Å². The number of rotatable bonds is 4. The van der Waals surface area contributed by atoms with Crippen molar-refractivity contribution in [2.45, 2.75) is 26.0 Å². The molecule has 1 heterocycles. The average Bonchev–Trinajstić information content (AvgIpc) is 2.33. The summed E-state index contributed by atoms with van der Waals surface area (Å²) in [5, 5.41) is 0. The van der Waals surface area contributed by atoms with Gasteiger partial charge in [-0.2, -0.15) is 0 Å². The van der Waals surface area contributed by atoms with Crippen LogP contribution in [0, 0.1) is 5.92 Å². The summed E-state index contributed by atoms with van der Waals surface area (Å²) in [5.74, 6) is 0.931. The first-order valence-electron chi connectivity index (χ1n) is 6.26. The molecule has 0 spiro atoms. The Kier molecular flexibility index (Phi) is 3.80. The van der Waals surface area contributed by atoms with Crippen LogP contribution in [0.2, 0.25) is 0 Å². The van der Waals surface area contributed by atoms with Gasteiger partial charge in [-0.25, -0.2) is 8.42 Å². The summed E-state index contributed by atoms with van der Waals surface area (Å²) in [7, 11) is -3.49. The van der Waals surface area contributed by atoms with Gasteiger partial charge in [0.25, 0.3) is 10.0 Å². The van der Waals surface area contributed by atoms with Crippen molar-refractivity contribution >= 4 is 15.9 Å². The lowest BCUT2D eigenvalue weighted by molar-refractivity contribution is 0.256. The molecule has 0 bridgehead atoms. The Hall–Kier alpha value is -1.56. The van der Waals surface area contributed by atoms with Gasteiger partial charge in [-0.15, -0.1) is 4.40 Å². The smallest absolute Gasteiger partial charge is 0.259 e. The average molecular weight is 282 g/mol. The second kappa shape index (κ2) is 5.21. The standard InChI is InChI=1S/C13H18N2O3S/c1-3-9(2)7-18-11-6-4-5-10-8-19(16,17)15-13(14)12(10)11/h4-6,9H,3,7-8H2,1-2H3,(H2,14,15). The summed E-state index contributed by atoms with van der Waals surface area (Å²) in [5.41, 5.74) is 7.01. The second-order valence-electron chi connectivity index (χ2n) is 4.82. The van der Waals surface area contributed by atoms with Gasteiger partial charge < -0.3 is 10.5 Å². The summed E-state index contributed by atoms with van der Waals surface area (Å²) in [4.78, 5) is 0. The predicted octanol–water partition coefficient (Wildman–Crippen LogP) is 1.66. The van der Waals surface area contributed by atoms with Crippen LogP contribution in [0.1, 0.15) is 31.4 Å². The molecule has 1 atom stereocenters. The molecule has 19 heavy (non-hydrogen) atoms. The minimum absolute atomic E-state index is 0.0148. The van der Waals surface area contributed by atoms with Gasteiger partial charge in [0.15, 0.2) is 0 Å². The molecule has 1 aliphatic rings. The highest BCUT2D eigenvalue weighted by Gasteiger charge is 2.25. The van der Waals surface area contributed by atoms with Crippen molar-refractivity contribution in [3.05, 3.63) is 29.3 Å². The number of nitrogens with zero attached hydrogens (tertiary/aromatic N) is 1. The zero-order valence-electron chi connectivity index (χ0n) is 11.1. The molecular formula is C13H18N2O3S. The van der Waals surface area contributed by atoms with Gasteiger partial charge >= 0.3 is 0 Å². The molecule has 0 radical (unpaired) electrons. The van der Waals surface area contributed by atoms with Crippen molar-refractivity contribution in [1.29, 1.82) is 0 Å². The molecular weight excluding hydrogens is 264 g/mol. The third kappa shape index (κ3) is 3.07. The number of fused-ring (bicyclic) bond motifs is 1. The Morgan fingerprint density at radius 3 is 2.89 bits per heavy atom. The van der Waals surface area contributed by atoms with E-state index in [1.54, 1.807) is 18.2 Å². The summed E-state index contributed by atoms with van der Waals surface area (Å²) >= 11 is 0. The number of nitrogens with two attached hydrogens (primary N) is 1. The highest BCUT2D eigenvalue weighted by atomic mass is 32.2. The fourth-order valence-electron chi connectivity index (χ4n) is 1.88. The Bertz CT molecular complexity index is 608. The molecule has 0 fully saturated rings. The maximum absolute atomic E-state index is 11.5. The van der Waals surface area contributed by atoms with E-state index >= 15 is 0 Å².